The van der Waals surface area contributed by atoms with Crippen LogP contribution in [0.25, 0.3) is 12.2 Å². The van der Waals surface area contributed by atoms with Crippen LogP contribution in [-0.2, 0) is 5.54 Å². The molecular formula is C30H22ClFN2. The molecule has 0 unspecified atom stereocenters. The lowest BCUT2D eigenvalue weighted by Gasteiger charge is -2.36. The molecule has 5 aromatic rings. The van der Waals surface area contributed by atoms with E-state index in [0.717, 1.165) is 22.3 Å². The summed E-state index contributed by atoms with van der Waals surface area (Å²) < 4.78 is 15.2. The number of aromatic nitrogens is 2. The molecule has 1 heterocycles. The van der Waals surface area contributed by atoms with Crippen LogP contribution < -0.4 is 0 Å². The summed E-state index contributed by atoms with van der Waals surface area (Å²) in [5, 5.41) is 5.48. The SMILES string of the molecule is Fc1ccc(/C=C/c2cc(Cl)n(C(c3ccccc3)(c3ccccc3)c3ccccc3)n2)cc1. The lowest BCUT2D eigenvalue weighted by Crippen LogP contribution is -2.38. The maximum atomic E-state index is 13.3. The highest BCUT2D eigenvalue weighted by Gasteiger charge is 2.40. The van der Waals surface area contributed by atoms with E-state index in [1.54, 1.807) is 12.1 Å². The van der Waals surface area contributed by atoms with Gasteiger partial charge in [-0.15, -0.1) is 0 Å². The molecule has 5 rings (SSSR count). The normalized spacial score (nSPS) is 11.7. The van der Waals surface area contributed by atoms with Crippen LogP contribution in [-0.4, -0.2) is 9.78 Å². The quantitative estimate of drug-likeness (QED) is 0.235. The molecule has 0 spiro atoms. The van der Waals surface area contributed by atoms with Crippen LogP contribution >= 0.6 is 11.6 Å². The second-order valence-corrected chi connectivity index (χ2v) is 8.38. The van der Waals surface area contributed by atoms with Gasteiger partial charge in [-0.3, -0.25) is 0 Å². The van der Waals surface area contributed by atoms with Crippen molar-refractivity contribution in [2.75, 3.05) is 0 Å². The summed E-state index contributed by atoms with van der Waals surface area (Å²) in [4.78, 5) is 0. The van der Waals surface area contributed by atoms with Gasteiger partial charge in [0.2, 0.25) is 0 Å². The average Bonchev–Trinajstić information content (AvgIpc) is 3.27. The first-order chi connectivity index (χ1) is 16.7. The van der Waals surface area contributed by atoms with Gasteiger partial charge in [0.1, 0.15) is 16.5 Å². The topological polar surface area (TPSA) is 17.8 Å². The Morgan fingerprint density at radius 1 is 0.647 bits per heavy atom. The lowest BCUT2D eigenvalue weighted by atomic mass is 9.77. The van der Waals surface area contributed by atoms with Crippen LogP contribution in [0.4, 0.5) is 4.39 Å². The van der Waals surface area contributed by atoms with Crippen molar-refractivity contribution in [2.45, 2.75) is 5.54 Å². The zero-order valence-electron chi connectivity index (χ0n) is 18.4. The second kappa shape index (κ2) is 9.50. The number of benzene rings is 4. The third-order valence-corrected chi connectivity index (χ3v) is 6.16. The smallest absolute Gasteiger partial charge is 0.139 e. The fourth-order valence-corrected chi connectivity index (χ4v) is 4.63. The van der Waals surface area contributed by atoms with Gasteiger partial charge in [-0.05, 0) is 40.5 Å². The molecule has 0 saturated heterocycles. The highest BCUT2D eigenvalue weighted by atomic mass is 35.5. The number of hydrogen-bond acceptors (Lipinski definition) is 1. The number of rotatable bonds is 6. The Morgan fingerprint density at radius 3 is 1.59 bits per heavy atom. The van der Waals surface area contributed by atoms with E-state index in [-0.39, 0.29) is 5.82 Å². The minimum atomic E-state index is -0.775. The van der Waals surface area contributed by atoms with E-state index in [9.17, 15) is 4.39 Å². The van der Waals surface area contributed by atoms with Crippen LogP contribution in [0.1, 0.15) is 27.9 Å². The molecule has 166 valence electrons. The van der Waals surface area contributed by atoms with Crippen molar-refractivity contribution in [1.29, 1.82) is 0 Å². The molecule has 2 nitrogen and oxygen atoms in total. The minimum absolute atomic E-state index is 0.261. The van der Waals surface area contributed by atoms with Crippen molar-refractivity contribution < 1.29 is 4.39 Å². The lowest BCUT2D eigenvalue weighted by molar-refractivity contribution is 0.460. The molecule has 0 saturated carbocycles. The van der Waals surface area contributed by atoms with Gasteiger partial charge in [-0.1, -0.05) is 121 Å². The first-order valence-corrected chi connectivity index (χ1v) is 11.4. The van der Waals surface area contributed by atoms with Crippen molar-refractivity contribution in [1.82, 2.24) is 9.78 Å². The van der Waals surface area contributed by atoms with Gasteiger partial charge in [0.25, 0.3) is 0 Å². The summed E-state index contributed by atoms with van der Waals surface area (Å²) in [6.07, 6.45) is 3.79. The first-order valence-electron chi connectivity index (χ1n) is 11.0. The summed E-state index contributed by atoms with van der Waals surface area (Å²) in [6.45, 7) is 0. The van der Waals surface area contributed by atoms with Crippen LogP contribution in [0.2, 0.25) is 5.15 Å². The molecule has 0 amide bonds. The number of nitrogens with zero attached hydrogens (tertiary/aromatic N) is 2. The molecule has 1 aromatic heterocycles. The standard InChI is InChI=1S/C30H22ClFN2/c31-29-22-28(21-18-23-16-19-27(32)20-17-23)33-34(29)30(24-10-4-1-5-11-24,25-12-6-2-7-13-25)26-14-8-3-9-15-26/h1-22H/b21-18+. The molecule has 4 heteroatoms. The molecule has 0 atom stereocenters. The second-order valence-electron chi connectivity index (χ2n) is 8.00. The van der Waals surface area contributed by atoms with Crippen molar-refractivity contribution in [3.63, 3.8) is 0 Å². The Kier molecular flexibility index (Phi) is 6.11. The van der Waals surface area contributed by atoms with Crippen molar-refractivity contribution in [3.05, 3.63) is 160 Å². The first kappa shape index (κ1) is 21.9. The summed E-state index contributed by atoms with van der Waals surface area (Å²) in [7, 11) is 0. The van der Waals surface area contributed by atoms with E-state index in [1.165, 1.54) is 12.1 Å². The van der Waals surface area contributed by atoms with Crippen LogP contribution in [0.5, 0.6) is 0 Å². The van der Waals surface area contributed by atoms with Gasteiger partial charge in [0, 0.05) is 6.07 Å². The van der Waals surface area contributed by atoms with Gasteiger partial charge in [-0.2, -0.15) is 5.10 Å². The largest absolute Gasteiger partial charge is 0.234 e. The van der Waals surface area contributed by atoms with Crippen LogP contribution in [0.15, 0.2) is 121 Å². The van der Waals surface area contributed by atoms with E-state index in [4.69, 9.17) is 16.7 Å². The van der Waals surface area contributed by atoms with E-state index >= 15 is 0 Å². The third kappa shape index (κ3) is 4.07. The molecule has 0 N–H and O–H groups in total. The zero-order valence-corrected chi connectivity index (χ0v) is 19.1. The number of hydrogen-bond donors (Lipinski definition) is 0. The Balaban J connectivity index is 1.73. The third-order valence-electron chi connectivity index (χ3n) is 5.89. The van der Waals surface area contributed by atoms with Crippen LogP contribution in [0, 0.1) is 5.82 Å². The predicted octanol–water partition coefficient (Wildman–Crippen LogP) is 7.69. The maximum Gasteiger partial charge on any atom is 0.139 e. The summed E-state index contributed by atoms with van der Waals surface area (Å²) in [5.74, 6) is -0.261. The Bertz CT molecular complexity index is 1300. The molecule has 4 aromatic carbocycles. The molecule has 0 aliphatic carbocycles. The highest BCUT2D eigenvalue weighted by Crippen LogP contribution is 2.42. The van der Waals surface area contributed by atoms with Gasteiger partial charge in [-0.25, -0.2) is 9.07 Å². The predicted molar refractivity (Wildman–Crippen MR) is 137 cm³/mol. The molecule has 34 heavy (non-hydrogen) atoms. The molecule has 0 radical (unpaired) electrons. The van der Waals surface area contributed by atoms with E-state index in [2.05, 4.69) is 36.4 Å². The fraction of sp³-hybridized carbons (Fsp3) is 0.0333. The van der Waals surface area contributed by atoms with E-state index in [1.807, 2.05) is 77.5 Å². The van der Waals surface area contributed by atoms with Crippen LogP contribution in [0.3, 0.4) is 0 Å². The van der Waals surface area contributed by atoms with Gasteiger partial charge >= 0.3 is 0 Å². The minimum Gasteiger partial charge on any atom is -0.234 e. The maximum absolute atomic E-state index is 13.3. The monoisotopic (exact) mass is 464 g/mol. The summed E-state index contributed by atoms with van der Waals surface area (Å²) in [6, 6.07) is 39.0. The molecular weight excluding hydrogens is 443 g/mol. The summed E-state index contributed by atoms with van der Waals surface area (Å²) in [5.41, 5.74) is 3.96. The van der Waals surface area contributed by atoms with Gasteiger partial charge < -0.3 is 0 Å². The molecule has 0 fully saturated rings. The zero-order chi connectivity index (χ0) is 23.4. The molecule has 0 aliphatic heterocycles. The summed E-state index contributed by atoms with van der Waals surface area (Å²) >= 11 is 6.90. The Labute approximate surface area is 203 Å². The van der Waals surface area contributed by atoms with Crippen molar-refractivity contribution >= 4 is 23.8 Å². The van der Waals surface area contributed by atoms with Gasteiger partial charge in [0.05, 0.1) is 5.69 Å². The van der Waals surface area contributed by atoms with E-state index in [0.29, 0.717) is 10.8 Å². The highest BCUT2D eigenvalue weighted by molar-refractivity contribution is 6.29. The average molecular weight is 465 g/mol. The number of halogens is 2. The Morgan fingerprint density at radius 2 is 1.12 bits per heavy atom. The molecule has 0 aliphatic rings. The fourth-order valence-electron chi connectivity index (χ4n) is 4.35. The van der Waals surface area contributed by atoms with Crippen molar-refractivity contribution in [2.24, 2.45) is 0 Å². The van der Waals surface area contributed by atoms with Gasteiger partial charge in [0.15, 0.2) is 0 Å². The van der Waals surface area contributed by atoms with Crippen molar-refractivity contribution in [3.8, 4) is 0 Å². The molecule has 0 bridgehead atoms. The Hall–Kier alpha value is -3.95. The van der Waals surface area contributed by atoms with E-state index < -0.39 is 5.54 Å².